The summed E-state index contributed by atoms with van der Waals surface area (Å²) in [6, 6.07) is 69.5. The maximum atomic E-state index is 11.5. The number of hydrogen-bond acceptors (Lipinski definition) is 2. The van der Waals surface area contributed by atoms with Crippen LogP contribution >= 0.6 is 0 Å². The van der Waals surface area contributed by atoms with Crippen LogP contribution in [0, 0.1) is 25.2 Å². The number of benzene rings is 8. The van der Waals surface area contributed by atoms with Crippen LogP contribution in [0.15, 0.2) is 194 Å². The summed E-state index contributed by atoms with van der Waals surface area (Å²) in [5.41, 5.74) is 17.3. The van der Waals surface area contributed by atoms with Crippen molar-refractivity contribution in [3.63, 3.8) is 0 Å². The summed E-state index contributed by atoms with van der Waals surface area (Å²) in [4.78, 5) is 4.96. The van der Waals surface area contributed by atoms with Crippen LogP contribution in [0.25, 0.3) is 99.6 Å². The molecule has 0 saturated heterocycles. The highest BCUT2D eigenvalue weighted by molar-refractivity contribution is 6.12. The summed E-state index contributed by atoms with van der Waals surface area (Å²) in [7, 11) is 0. The number of aryl methyl sites for hydroxylation is 2. The first-order valence-electron chi connectivity index (χ1n) is 20.3. The third kappa shape index (κ3) is 5.71. The molecule has 0 saturated carbocycles. The van der Waals surface area contributed by atoms with E-state index < -0.39 is 0 Å². The van der Waals surface area contributed by atoms with Gasteiger partial charge in [-0.15, -0.1) is 0 Å². The molecule has 60 heavy (non-hydrogen) atoms. The SMILES string of the molecule is Cc1cccc(-c2ccc3c(c2)c2ccccc2n3-c2cc(-c3cccnc3-c3ccccc3)cc(-n3c4ccccc4c4cc(-c5cccc(C)c5)ccc43)c2C#N)c1. The van der Waals surface area contributed by atoms with Gasteiger partial charge >= 0.3 is 0 Å². The Morgan fingerprint density at radius 1 is 0.400 bits per heavy atom. The van der Waals surface area contributed by atoms with Crippen LogP contribution in [0.4, 0.5) is 0 Å². The fourth-order valence-electron chi connectivity index (χ4n) is 9.17. The fourth-order valence-corrected chi connectivity index (χ4v) is 9.17. The predicted octanol–water partition coefficient (Wildman–Crippen LogP) is 14.4. The molecule has 0 radical (unpaired) electrons. The van der Waals surface area contributed by atoms with E-state index in [1.165, 1.54) is 22.3 Å². The second-order valence-electron chi connectivity index (χ2n) is 15.7. The highest BCUT2D eigenvalue weighted by Crippen LogP contribution is 2.43. The zero-order valence-electron chi connectivity index (χ0n) is 33.3. The maximum Gasteiger partial charge on any atom is 0.104 e. The molecule has 0 aliphatic heterocycles. The van der Waals surface area contributed by atoms with E-state index in [0.29, 0.717) is 5.56 Å². The van der Waals surface area contributed by atoms with Gasteiger partial charge in [0, 0.05) is 38.9 Å². The zero-order valence-corrected chi connectivity index (χ0v) is 33.3. The summed E-state index contributed by atoms with van der Waals surface area (Å²) in [5, 5.41) is 16.1. The Bertz CT molecular complexity index is 3340. The summed E-state index contributed by atoms with van der Waals surface area (Å²) < 4.78 is 4.58. The first-order valence-corrected chi connectivity index (χ1v) is 20.3. The van der Waals surface area contributed by atoms with E-state index in [1.54, 1.807) is 0 Å². The van der Waals surface area contributed by atoms with Crippen LogP contribution < -0.4 is 0 Å². The van der Waals surface area contributed by atoms with Crippen LogP contribution in [-0.2, 0) is 0 Å². The van der Waals surface area contributed by atoms with Crippen LogP contribution in [0.3, 0.4) is 0 Å². The van der Waals surface area contributed by atoms with E-state index in [4.69, 9.17) is 4.98 Å². The van der Waals surface area contributed by atoms with E-state index in [9.17, 15) is 5.26 Å². The molecule has 0 bridgehead atoms. The molecule has 3 heterocycles. The molecule has 3 aromatic heterocycles. The fraction of sp³-hybridized carbons (Fsp3) is 0.0357. The number of nitrogens with zero attached hydrogens (tertiary/aromatic N) is 4. The van der Waals surface area contributed by atoms with Gasteiger partial charge in [0.25, 0.3) is 0 Å². The number of rotatable bonds is 6. The van der Waals surface area contributed by atoms with E-state index in [0.717, 1.165) is 88.5 Å². The van der Waals surface area contributed by atoms with E-state index in [2.05, 4.69) is 205 Å². The number of pyridine rings is 1. The Morgan fingerprint density at radius 3 is 1.42 bits per heavy atom. The Hall–Kier alpha value is -8.00. The normalized spacial score (nSPS) is 11.5. The standard InChI is InChI=1S/C56H38N4/c1-36-13-10-17-39(29-36)41-24-26-52-47(31-41)45-19-6-8-22-50(45)59(52)54-33-43(44-21-12-28-58-56(44)38-15-4-3-5-16-38)34-55(49(54)35-57)60-51-23-9-7-20-46(51)48-32-42(25-27-53(48)60)40-18-11-14-37(2)30-40/h3-34H,1-2H3. The Balaban J connectivity index is 1.24. The molecule has 282 valence electrons. The molecule has 11 aromatic rings. The van der Waals surface area contributed by atoms with Crippen molar-refractivity contribution in [3.8, 4) is 62.1 Å². The third-order valence-corrected chi connectivity index (χ3v) is 11.9. The molecule has 0 spiro atoms. The second kappa shape index (κ2) is 14.1. The lowest BCUT2D eigenvalue weighted by Crippen LogP contribution is -2.05. The number of fused-ring (bicyclic) bond motifs is 6. The number of aromatic nitrogens is 3. The molecule has 0 aliphatic rings. The summed E-state index contributed by atoms with van der Waals surface area (Å²) >= 11 is 0. The topological polar surface area (TPSA) is 46.5 Å². The number of para-hydroxylation sites is 2. The van der Waals surface area contributed by atoms with E-state index >= 15 is 0 Å². The molecular formula is C56H38N4. The molecule has 8 aromatic carbocycles. The molecular weight excluding hydrogens is 729 g/mol. The van der Waals surface area contributed by atoms with Gasteiger partial charge in [0.15, 0.2) is 0 Å². The minimum absolute atomic E-state index is 0.583. The quantitative estimate of drug-likeness (QED) is 0.169. The van der Waals surface area contributed by atoms with Crippen molar-refractivity contribution in [2.75, 3.05) is 0 Å². The first-order chi connectivity index (χ1) is 29.5. The van der Waals surface area contributed by atoms with Crippen molar-refractivity contribution < 1.29 is 0 Å². The molecule has 11 rings (SSSR count). The number of hydrogen-bond donors (Lipinski definition) is 0. The Morgan fingerprint density at radius 2 is 0.883 bits per heavy atom. The predicted molar refractivity (Wildman–Crippen MR) is 249 cm³/mol. The second-order valence-corrected chi connectivity index (χ2v) is 15.7. The van der Waals surface area contributed by atoms with Crippen molar-refractivity contribution in [1.29, 1.82) is 5.26 Å². The minimum Gasteiger partial charge on any atom is -0.308 e. The average molecular weight is 767 g/mol. The number of nitriles is 1. The molecule has 0 aliphatic carbocycles. The van der Waals surface area contributed by atoms with Gasteiger partial charge in [-0.1, -0.05) is 145 Å². The highest BCUT2D eigenvalue weighted by Gasteiger charge is 2.24. The van der Waals surface area contributed by atoms with Gasteiger partial charge < -0.3 is 9.13 Å². The van der Waals surface area contributed by atoms with Gasteiger partial charge in [0.2, 0.25) is 0 Å². The van der Waals surface area contributed by atoms with Crippen LogP contribution in [0.2, 0.25) is 0 Å². The largest absolute Gasteiger partial charge is 0.308 e. The molecule has 0 amide bonds. The van der Waals surface area contributed by atoms with E-state index in [-0.39, 0.29) is 0 Å². The lowest BCUT2D eigenvalue weighted by atomic mass is 9.96. The van der Waals surface area contributed by atoms with Crippen LogP contribution in [0.5, 0.6) is 0 Å². The lowest BCUT2D eigenvalue weighted by molar-refractivity contribution is 1.12. The Labute approximate surface area is 348 Å². The van der Waals surface area contributed by atoms with E-state index in [1.807, 2.05) is 18.3 Å². The molecule has 0 unspecified atom stereocenters. The minimum atomic E-state index is 0.583. The first kappa shape index (κ1) is 35.2. The third-order valence-electron chi connectivity index (χ3n) is 11.9. The zero-order chi connectivity index (χ0) is 40.3. The monoisotopic (exact) mass is 766 g/mol. The van der Waals surface area contributed by atoms with Gasteiger partial charge in [0.1, 0.15) is 11.6 Å². The van der Waals surface area contributed by atoms with Crippen molar-refractivity contribution in [2.24, 2.45) is 0 Å². The van der Waals surface area contributed by atoms with Crippen LogP contribution in [0.1, 0.15) is 16.7 Å². The molecule has 0 N–H and O–H groups in total. The molecule has 0 atom stereocenters. The Kier molecular flexibility index (Phi) is 8.28. The van der Waals surface area contributed by atoms with Gasteiger partial charge in [-0.3, -0.25) is 4.98 Å². The molecule has 4 heteroatoms. The van der Waals surface area contributed by atoms with Gasteiger partial charge in [0.05, 0.1) is 39.1 Å². The lowest BCUT2D eigenvalue weighted by Gasteiger charge is -2.19. The van der Waals surface area contributed by atoms with Crippen molar-refractivity contribution in [3.05, 3.63) is 211 Å². The summed E-state index contributed by atoms with van der Waals surface area (Å²) in [6.45, 7) is 4.27. The van der Waals surface area contributed by atoms with Gasteiger partial charge in [-0.2, -0.15) is 5.26 Å². The van der Waals surface area contributed by atoms with Crippen molar-refractivity contribution in [2.45, 2.75) is 13.8 Å². The van der Waals surface area contributed by atoms with Crippen molar-refractivity contribution in [1.82, 2.24) is 14.1 Å². The molecule has 4 nitrogen and oxygen atoms in total. The summed E-state index contributed by atoms with van der Waals surface area (Å²) in [5.74, 6) is 0. The average Bonchev–Trinajstić information content (AvgIpc) is 3.81. The maximum absolute atomic E-state index is 11.5. The highest BCUT2D eigenvalue weighted by atomic mass is 15.0. The van der Waals surface area contributed by atoms with Crippen LogP contribution in [-0.4, -0.2) is 14.1 Å². The van der Waals surface area contributed by atoms with Gasteiger partial charge in [-0.05, 0) is 96.3 Å². The summed E-state index contributed by atoms with van der Waals surface area (Å²) in [6.07, 6.45) is 1.86. The van der Waals surface area contributed by atoms with Gasteiger partial charge in [-0.25, -0.2) is 0 Å². The smallest absolute Gasteiger partial charge is 0.104 e. The molecule has 0 fully saturated rings. The van der Waals surface area contributed by atoms with Crippen molar-refractivity contribution >= 4 is 43.6 Å².